The topological polar surface area (TPSA) is 44.8 Å². The van der Waals surface area contributed by atoms with Gasteiger partial charge in [-0.15, -0.1) is 0 Å². The molecule has 0 saturated heterocycles. The van der Waals surface area contributed by atoms with Crippen LogP contribution in [0.1, 0.15) is 32.3 Å². The largest absolute Gasteiger partial charge is 0.496 e. The molecule has 19 heavy (non-hydrogen) atoms. The molecule has 0 fully saturated rings. The number of carbonyl (C=O) groups excluding carboxylic acids is 1. The summed E-state index contributed by atoms with van der Waals surface area (Å²) in [6.45, 7) is 6.12. The van der Waals surface area contributed by atoms with E-state index in [0.717, 1.165) is 5.56 Å². The zero-order valence-corrected chi connectivity index (χ0v) is 12.2. The number of hydrogen-bond donors (Lipinski definition) is 0. The number of methoxy groups -OCH3 is 2. The Morgan fingerprint density at radius 1 is 1.16 bits per heavy atom. The first-order valence-corrected chi connectivity index (χ1v) is 6.44. The van der Waals surface area contributed by atoms with Crippen molar-refractivity contribution >= 4 is 5.97 Å². The van der Waals surface area contributed by atoms with E-state index in [4.69, 9.17) is 14.2 Å². The van der Waals surface area contributed by atoms with Gasteiger partial charge in [-0.25, -0.2) is 0 Å². The van der Waals surface area contributed by atoms with E-state index in [1.54, 1.807) is 21.1 Å². The van der Waals surface area contributed by atoms with Crippen LogP contribution < -0.4 is 9.47 Å². The maximum atomic E-state index is 12.2. The van der Waals surface area contributed by atoms with E-state index < -0.39 is 5.92 Å². The molecular weight excluding hydrogens is 244 g/mol. The lowest BCUT2D eigenvalue weighted by Crippen LogP contribution is -2.22. The van der Waals surface area contributed by atoms with Gasteiger partial charge in [-0.1, -0.05) is 19.9 Å². The van der Waals surface area contributed by atoms with Crippen molar-refractivity contribution in [1.29, 1.82) is 0 Å². The second kappa shape index (κ2) is 7.02. The smallest absolute Gasteiger partial charge is 0.313 e. The first-order valence-electron chi connectivity index (χ1n) is 6.44. The fourth-order valence-corrected chi connectivity index (χ4v) is 2.14. The highest BCUT2D eigenvalue weighted by atomic mass is 16.5. The molecule has 0 bridgehead atoms. The Morgan fingerprint density at radius 2 is 1.68 bits per heavy atom. The maximum Gasteiger partial charge on any atom is 0.313 e. The third-order valence-corrected chi connectivity index (χ3v) is 2.98. The van der Waals surface area contributed by atoms with Gasteiger partial charge in [0.2, 0.25) is 0 Å². The summed E-state index contributed by atoms with van der Waals surface area (Å²) >= 11 is 0. The SMILES string of the molecule is CCOC(=O)C(c1c(OC)cccc1OC)C(C)C. The molecule has 4 heteroatoms. The molecule has 0 radical (unpaired) electrons. The molecule has 0 aromatic heterocycles. The van der Waals surface area contributed by atoms with E-state index in [1.165, 1.54) is 0 Å². The molecule has 0 aliphatic rings. The highest BCUT2D eigenvalue weighted by Crippen LogP contribution is 2.39. The first kappa shape index (κ1) is 15.3. The number of esters is 1. The van der Waals surface area contributed by atoms with Gasteiger partial charge < -0.3 is 14.2 Å². The number of ether oxygens (including phenoxy) is 3. The van der Waals surface area contributed by atoms with Crippen LogP contribution in [0.25, 0.3) is 0 Å². The monoisotopic (exact) mass is 266 g/mol. The Labute approximate surface area is 114 Å². The lowest BCUT2D eigenvalue weighted by Gasteiger charge is -2.23. The summed E-state index contributed by atoms with van der Waals surface area (Å²) in [5.74, 6) is 0.729. The quantitative estimate of drug-likeness (QED) is 0.742. The van der Waals surface area contributed by atoms with Crippen molar-refractivity contribution in [3.05, 3.63) is 23.8 Å². The van der Waals surface area contributed by atoms with Crippen LogP contribution in [0, 0.1) is 5.92 Å². The number of benzene rings is 1. The van der Waals surface area contributed by atoms with E-state index in [2.05, 4.69) is 0 Å². The molecule has 106 valence electrons. The first-order chi connectivity index (χ1) is 9.06. The van der Waals surface area contributed by atoms with Crippen LogP contribution in [0.3, 0.4) is 0 Å². The minimum atomic E-state index is -0.397. The molecule has 0 aliphatic carbocycles. The summed E-state index contributed by atoms with van der Waals surface area (Å²) in [5, 5.41) is 0. The second-order valence-electron chi connectivity index (χ2n) is 4.55. The molecule has 1 aromatic rings. The maximum absolute atomic E-state index is 12.2. The summed E-state index contributed by atoms with van der Waals surface area (Å²) in [4.78, 5) is 12.2. The van der Waals surface area contributed by atoms with Crippen LogP contribution in [0.5, 0.6) is 11.5 Å². The molecule has 1 rings (SSSR count). The fraction of sp³-hybridized carbons (Fsp3) is 0.533. The van der Waals surface area contributed by atoms with Gasteiger partial charge in [-0.2, -0.15) is 0 Å². The molecule has 1 unspecified atom stereocenters. The van der Waals surface area contributed by atoms with Gasteiger partial charge in [-0.3, -0.25) is 4.79 Å². The Morgan fingerprint density at radius 3 is 2.05 bits per heavy atom. The van der Waals surface area contributed by atoms with Gasteiger partial charge in [0.05, 0.1) is 32.3 Å². The third kappa shape index (κ3) is 3.40. The number of rotatable bonds is 6. The second-order valence-corrected chi connectivity index (χ2v) is 4.55. The van der Waals surface area contributed by atoms with Crippen LogP contribution in [0.2, 0.25) is 0 Å². The van der Waals surface area contributed by atoms with Gasteiger partial charge in [0.25, 0.3) is 0 Å². The molecule has 0 saturated carbocycles. The van der Waals surface area contributed by atoms with Crippen molar-refractivity contribution in [2.75, 3.05) is 20.8 Å². The zero-order valence-electron chi connectivity index (χ0n) is 12.2. The molecule has 1 aromatic carbocycles. The standard InChI is InChI=1S/C15H22O4/c1-6-19-15(16)13(10(2)3)14-11(17-4)8-7-9-12(14)18-5/h7-10,13H,6H2,1-5H3. The van der Waals surface area contributed by atoms with Crippen molar-refractivity contribution in [1.82, 2.24) is 0 Å². The molecule has 0 heterocycles. The van der Waals surface area contributed by atoms with E-state index >= 15 is 0 Å². The van der Waals surface area contributed by atoms with Crippen LogP contribution in [-0.2, 0) is 9.53 Å². The van der Waals surface area contributed by atoms with Crippen molar-refractivity contribution in [3.63, 3.8) is 0 Å². The van der Waals surface area contributed by atoms with Crippen molar-refractivity contribution < 1.29 is 19.0 Å². The molecule has 4 nitrogen and oxygen atoms in total. The van der Waals surface area contributed by atoms with Crippen molar-refractivity contribution in [3.8, 4) is 11.5 Å². The third-order valence-electron chi connectivity index (χ3n) is 2.98. The van der Waals surface area contributed by atoms with E-state index in [1.807, 2.05) is 32.0 Å². The minimum absolute atomic E-state index is 0.0873. The fourth-order valence-electron chi connectivity index (χ4n) is 2.14. The van der Waals surface area contributed by atoms with Crippen LogP contribution in [-0.4, -0.2) is 26.8 Å². The minimum Gasteiger partial charge on any atom is -0.496 e. The average molecular weight is 266 g/mol. The summed E-state index contributed by atoms with van der Waals surface area (Å²) in [6, 6.07) is 5.49. The van der Waals surface area contributed by atoms with Crippen LogP contribution >= 0.6 is 0 Å². The van der Waals surface area contributed by atoms with Crippen LogP contribution in [0.4, 0.5) is 0 Å². The Bertz CT molecular complexity index is 404. The molecular formula is C15H22O4. The van der Waals surface area contributed by atoms with Gasteiger partial charge in [-0.05, 0) is 25.0 Å². The molecule has 0 N–H and O–H groups in total. The highest BCUT2D eigenvalue weighted by molar-refractivity contribution is 5.80. The number of carbonyl (C=O) groups is 1. The summed E-state index contributed by atoms with van der Waals surface area (Å²) in [5.41, 5.74) is 0.751. The summed E-state index contributed by atoms with van der Waals surface area (Å²) in [7, 11) is 3.17. The van der Waals surface area contributed by atoms with E-state index in [0.29, 0.717) is 18.1 Å². The van der Waals surface area contributed by atoms with Gasteiger partial charge >= 0.3 is 5.97 Å². The normalized spacial score (nSPS) is 12.1. The molecule has 1 atom stereocenters. The van der Waals surface area contributed by atoms with Crippen molar-refractivity contribution in [2.24, 2.45) is 5.92 Å². The van der Waals surface area contributed by atoms with Gasteiger partial charge in [0.15, 0.2) is 0 Å². The van der Waals surface area contributed by atoms with E-state index in [9.17, 15) is 4.79 Å². The predicted molar refractivity (Wildman–Crippen MR) is 73.8 cm³/mol. The molecule has 0 spiro atoms. The lowest BCUT2D eigenvalue weighted by atomic mass is 9.87. The average Bonchev–Trinajstić information content (AvgIpc) is 2.39. The highest BCUT2D eigenvalue weighted by Gasteiger charge is 2.31. The van der Waals surface area contributed by atoms with Crippen LogP contribution in [0.15, 0.2) is 18.2 Å². The summed E-state index contributed by atoms with van der Waals surface area (Å²) in [6.07, 6.45) is 0. The van der Waals surface area contributed by atoms with Gasteiger partial charge in [0, 0.05) is 0 Å². The lowest BCUT2D eigenvalue weighted by molar-refractivity contribution is -0.146. The van der Waals surface area contributed by atoms with E-state index in [-0.39, 0.29) is 11.9 Å². The van der Waals surface area contributed by atoms with Crippen molar-refractivity contribution in [2.45, 2.75) is 26.7 Å². The molecule has 0 amide bonds. The molecule has 0 aliphatic heterocycles. The number of hydrogen-bond acceptors (Lipinski definition) is 4. The zero-order chi connectivity index (χ0) is 14.4. The Hall–Kier alpha value is -1.71. The summed E-state index contributed by atoms with van der Waals surface area (Å²) < 4.78 is 15.9. The predicted octanol–water partition coefficient (Wildman–Crippen LogP) is 3.01. The van der Waals surface area contributed by atoms with Gasteiger partial charge in [0.1, 0.15) is 11.5 Å². The Kier molecular flexibility index (Phi) is 5.67. The Balaban J connectivity index is 3.32.